The van der Waals surface area contributed by atoms with Gasteiger partial charge >= 0.3 is 0 Å². The maximum absolute atomic E-state index is 13.1. The van der Waals surface area contributed by atoms with Gasteiger partial charge in [0.2, 0.25) is 0 Å². The van der Waals surface area contributed by atoms with E-state index < -0.39 is 0 Å². The monoisotopic (exact) mass is 416 g/mol. The average molecular weight is 417 g/mol. The lowest BCUT2D eigenvalue weighted by Crippen LogP contribution is -2.01. The van der Waals surface area contributed by atoms with Gasteiger partial charge < -0.3 is 4.74 Å². The fraction of sp³-hybridized carbons (Fsp3) is 0.240. The van der Waals surface area contributed by atoms with E-state index in [-0.39, 0.29) is 5.82 Å². The number of aryl methyl sites for hydroxylation is 3. The molecule has 5 nitrogen and oxygen atoms in total. The molecule has 31 heavy (non-hydrogen) atoms. The highest BCUT2D eigenvalue weighted by molar-refractivity contribution is 5.59. The smallest absolute Gasteiger partial charge is 0.123 e. The van der Waals surface area contributed by atoms with E-state index in [0.717, 1.165) is 54.1 Å². The SMILES string of the molecule is Cc1nc(-c2ccc(F)cc2)ccc1COc1ccc(CCCCn2ccnn2)cc1. The Morgan fingerprint density at radius 2 is 1.74 bits per heavy atom. The molecule has 0 aliphatic carbocycles. The van der Waals surface area contributed by atoms with Crippen molar-refractivity contribution >= 4 is 0 Å². The molecule has 0 atom stereocenters. The highest BCUT2D eigenvalue weighted by Gasteiger charge is 2.06. The topological polar surface area (TPSA) is 52.8 Å². The molecule has 0 fully saturated rings. The predicted octanol–water partition coefficient (Wildman–Crippen LogP) is 5.39. The summed E-state index contributed by atoms with van der Waals surface area (Å²) in [6.07, 6.45) is 6.80. The number of rotatable bonds is 9. The maximum atomic E-state index is 13.1. The van der Waals surface area contributed by atoms with Gasteiger partial charge in [-0.1, -0.05) is 23.4 Å². The van der Waals surface area contributed by atoms with E-state index in [2.05, 4.69) is 27.4 Å². The van der Waals surface area contributed by atoms with Gasteiger partial charge in [-0.15, -0.1) is 5.10 Å². The summed E-state index contributed by atoms with van der Waals surface area (Å²) < 4.78 is 20.9. The number of nitrogens with zero attached hydrogens (tertiary/aromatic N) is 4. The lowest BCUT2D eigenvalue weighted by atomic mass is 10.1. The van der Waals surface area contributed by atoms with Crippen LogP contribution in [0.25, 0.3) is 11.3 Å². The molecule has 0 radical (unpaired) electrons. The second-order valence-electron chi connectivity index (χ2n) is 7.50. The summed E-state index contributed by atoms with van der Waals surface area (Å²) in [5.41, 5.74) is 4.96. The maximum Gasteiger partial charge on any atom is 0.123 e. The third-order valence-corrected chi connectivity index (χ3v) is 5.23. The largest absolute Gasteiger partial charge is 0.489 e. The van der Waals surface area contributed by atoms with E-state index in [4.69, 9.17) is 4.74 Å². The molecule has 158 valence electrons. The fourth-order valence-corrected chi connectivity index (χ4v) is 3.39. The van der Waals surface area contributed by atoms with Gasteiger partial charge in [0.1, 0.15) is 18.2 Å². The van der Waals surface area contributed by atoms with Crippen molar-refractivity contribution in [1.82, 2.24) is 20.0 Å². The number of ether oxygens (including phenoxy) is 1. The number of benzene rings is 2. The third kappa shape index (κ3) is 5.75. The molecule has 2 heterocycles. The molecule has 4 rings (SSSR count). The Kier molecular flexibility index (Phi) is 6.67. The lowest BCUT2D eigenvalue weighted by molar-refractivity contribution is 0.305. The van der Waals surface area contributed by atoms with Crippen molar-refractivity contribution in [2.45, 2.75) is 39.3 Å². The van der Waals surface area contributed by atoms with Crippen molar-refractivity contribution < 1.29 is 9.13 Å². The van der Waals surface area contributed by atoms with E-state index in [1.54, 1.807) is 18.3 Å². The Morgan fingerprint density at radius 3 is 2.45 bits per heavy atom. The molecule has 0 aliphatic heterocycles. The second kappa shape index (κ2) is 9.98. The van der Waals surface area contributed by atoms with Crippen molar-refractivity contribution in [2.24, 2.45) is 0 Å². The van der Waals surface area contributed by atoms with Crippen LogP contribution in [0.5, 0.6) is 5.75 Å². The summed E-state index contributed by atoms with van der Waals surface area (Å²) in [4.78, 5) is 4.65. The number of aromatic nitrogens is 4. The van der Waals surface area contributed by atoms with Gasteiger partial charge in [-0.25, -0.2) is 4.39 Å². The summed E-state index contributed by atoms with van der Waals surface area (Å²) >= 11 is 0. The van der Waals surface area contributed by atoms with Crippen LogP contribution in [0.1, 0.15) is 29.7 Å². The second-order valence-corrected chi connectivity index (χ2v) is 7.50. The Bertz CT molecular complexity index is 1090. The molecule has 0 saturated heterocycles. The van der Waals surface area contributed by atoms with Gasteiger partial charge in [0.15, 0.2) is 0 Å². The predicted molar refractivity (Wildman–Crippen MR) is 118 cm³/mol. The summed E-state index contributed by atoms with van der Waals surface area (Å²) in [7, 11) is 0. The third-order valence-electron chi connectivity index (χ3n) is 5.23. The van der Waals surface area contributed by atoms with Gasteiger partial charge in [-0.05, 0) is 74.2 Å². The highest BCUT2D eigenvalue weighted by Crippen LogP contribution is 2.21. The van der Waals surface area contributed by atoms with Crippen LogP contribution in [-0.2, 0) is 19.6 Å². The molecule has 2 aromatic heterocycles. The number of pyridine rings is 1. The Balaban J connectivity index is 1.27. The number of hydrogen-bond acceptors (Lipinski definition) is 4. The Labute approximate surface area is 181 Å². The first-order chi connectivity index (χ1) is 15.2. The van der Waals surface area contributed by atoms with Crippen LogP contribution in [0.2, 0.25) is 0 Å². The molecule has 2 aromatic carbocycles. The number of unbranched alkanes of at least 4 members (excludes halogenated alkanes) is 1. The molecule has 0 bridgehead atoms. The summed E-state index contributed by atoms with van der Waals surface area (Å²) in [5.74, 6) is 0.594. The molecule has 0 saturated carbocycles. The first-order valence-electron chi connectivity index (χ1n) is 10.5. The van der Waals surface area contributed by atoms with E-state index in [1.165, 1.54) is 17.7 Å². The van der Waals surface area contributed by atoms with Crippen LogP contribution in [-0.4, -0.2) is 20.0 Å². The zero-order valence-electron chi connectivity index (χ0n) is 17.5. The van der Waals surface area contributed by atoms with Crippen LogP contribution in [0.4, 0.5) is 4.39 Å². The Morgan fingerprint density at radius 1 is 0.935 bits per heavy atom. The van der Waals surface area contributed by atoms with Gasteiger partial charge in [0.25, 0.3) is 0 Å². The van der Waals surface area contributed by atoms with Crippen LogP contribution >= 0.6 is 0 Å². The van der Waals surface area contributed by atoms with Crippen molar-refractivity contribution in [2.75, 3.05) is 0 Å². The first kappa shape index (κ1) is 20.7. The molecule has 6 heteroatoms. The zero-order chi connectivity index (χ0) is 21.5. The minimum Gasteiger partial charge on any atom is -0.489 e. The van der Waals surface area contributed by atoms with Gasteiger partial charge in [-0.2, -0.15) is 0 Å². The van der Waals surface area contributed by atoms with Crippen LogP contribution < -0.4 is 4.74 Å². The van der Waals surface area contributed by atoms with Crippen molar-refractivity contribution in [3.8, 4) is 17.0 Å². The van der Waals surface area contributed by atoms with E-state index in [1.807, 2.05) is 42.1 Å². The molecule has 4 aromatic rings. The van der Waals surface area contributed by atoms with Crippen LogP contribution in [0, 0.1) is 12.7 Å². The molecule has 0 spiro atoms. The lowest BCUT2D eigenvalue weighted by Gasteiger charge is -2.11. The minimum absolute atomic E-state index is 0.247. The van der Waals surface area contributed by atoms with Gasteiger partial charge in [-0.3, -0.25) is 9.67 Å². The normalized spacial score (nSPS) is 10.9. The molecular formula is C25H25FN4O. The van der Waals surface area contributed by atoms with Crippen LogP contribution in [0.3, 0.4) is 0 Å². The Hall–Kier alpha value is -3.54. The minimum atomic E-state index is -0.247. The average Bonchev–Trinajstić information content (AvgIpc) is 3.31. The standard InChI is InChI=1S/C25H25FN4O/c1-19-22(9-14-25(28-19)21-7-10-23(26)11-8-21)18-31-24-12-5-20(6-13-24)4-2-3-16-30-17-15-27-29-30/h5-15,17H,2-4,16,18H2,1H3. The molecule has 0 amide bonds. The van der Waals surface area contributed by atoms with Crippen molar-refractivity contribution in [3.63, 3.8) is 0 Å². The van der Waals surface area contributed by atoms with Gasteiger partial charge in [0, 0.05) is 29.6 Å². The van der Waals surface area contributed by atoms with E-state index in [0.29, 0.717) is 6.61 Å². The summed E-state index contributed by atoms with van der Waals surface area (Å²) in [5, 5.41) is 7.80. The number of hydrogen-bond donors (Lipinski definition) is 0. The van der Waals surface area contributed by atoms with E-state index in [9.17, 15) is 4.39 Å². The molecular weight excluding hydrogens is 391 g/mol. The molecule has 0 N–H and O–H groups in total. The summed E-state index contributed by atoms with van der Waals surface area (Å²) in [6, 6.07) is 18.6. The summed E-state index contributed by atoms with van der Waals surface area (Å²) in [6.45, 7) is 3.32. The van der Waals surface area contributed by atoms with Crippen LogP contribution in [0.15, 0.2) is 73.1 Å². The zero-order valence-corrected chi connectivity index (χ0v) is 17.5. The molecule has 0 aliphatic rings. The van der Waals surface area contributed by atoms with Gasteiger partial charge in [0.05, 0.1) is 11.9 Å². The highest BCUT2D eigenvalue weighted by atomic mass is 19.1. The van der Waals surface area contributed by atoms with Crippen molar-refractivity contribution in [3.05, 3.63) is 95.7 Å². The van der Waals surface area contributed by atoms with E-state index >= 15 is 0 Å². The van der Waals surface area contributed by atoms with Crippen molar-refractivity contribution in [1.29, 1.82) is 0 Å². The quantitative estimate of drug-likeness (QED) is 0.343. The first-order valence-corrected chi connectivity index (χ1v) is 10.5. The molecule has 0 unspecified atom stereocenters. The fourth-order valence-electron chi connectivity index (χ4n) is 3.39. The number of halogens is 1.